The lowest BCUT2D eigenvalue weighted by Crippen LogP contribution is -2.00. The van der Waals surface area contributed by atoms with Crippen molar-refractivity contribution in [3.63, 3.8) is 0 Å². The van der Waals surface area contributed by atoms with Gasteiger partial charge in [-0.25, -0.2) is 19.9 Å². The van der Waals surface area contributed by atoms with Crippen molar-refractivity contribution in [1.29, 1.82) is 0 Å². The number of benzene rings is 6. The Morgan fingerprint density at radius 2 is 0.957 bits per heavy atom. The average molecular weight is 607 g/mol. The molecule has 0 aliphatic rings. The normalized spacial score (nSPS) is 11.8. The molecule has 7 nitrogen and oxygen atoms in total. The molecule has 0 atom stereocenters. The Bertz CT molecular complexity index is 2780. The van der Waals surface area contributed by atoms with E-state index in [-0.39, 0.29) is 0 Å². The summed E-state index contributed by atoms with van der Waals surface area (Å²) < 4.78 is 18.7. The molecule has 4 aromatic heterocycles. The molecule has 6 aromatic carbocycles. The lowest BCUT2D eigenvalue weighted by Gasteiger charge is -2.10. The molecular formula is C40H22N4O3. The molecule has 10 aromatic rings. The third kappa shape index (κ3) is 4.07. The van der Waals surface area contributed by atoms with Crippen LogP contribution in [0.3, 0.4) is 0 Å². The fraction of sp³-hybridized carbons (Fsp3) is 0. The van der Waals surface area contributed by atoms with Crippen LogP contribution in [0.1, 0.15) is 0 Å². The van der Waals surface area contributed by atoms with Gasteiger partial charge in [0.15, 0.2) is 23.1 Å². The number of aromatic nitrogens is 4. The van der Waals surface area contributed by atoms with Gasteiger partial charge >= 0.3 is 0 Å². The Labute approximate surface area is 266 Å². The fourth-order valence-electron chi connectivity index (χ4n) is 6.43. The summed E-state index contributed by atoms with van der Waals surface area (Å²) in [6.07, 6.45) is 0. The van der Waals surface area contributed by atoms with Crippen LogP contribution in [0.2, 0.25) is 0 Å². The van der Waals surface area contributed by atoms with Gasteiger partial charge in [0.25, 0.3) is 0 Å². The van der Waals surface area contributed by atoms with E-state index < -0.39 is 0 Å². The summed E-state index contributed by atoms with van der Waals surface area (Å²) in [5.74, 6) is 2.24. The van der Waals surface area contributed by atoms with Crippen molar-refractivity contribution >= 4 is 55.0 Å². The summed E-state index contributed by atoms with van der Waals surface area (Å²) in [6, 6.07) is 43.8. The smallest absolute Gasteiger partial charge is 0.227 e. The Morgan fingerprint density at radius 3 is 1.70 bits per heavy atom. The van der Waals surface area contributed by atoms with E-state index in [1.807, 2.05) is 127 Å². The molecule has 0 saturated carbocycles. The van der Waals surface area contributed by atoms with E-state index >= 15 is 0 Å². The predicted octanol–water partition coefficient (Wildman–Crippen LogP) is 10.5. The van der Waals surface area contributed by atoms with Crippen LogP contribution in [0.25, 0.3) is 101 Å². The Morgan fingerprint density at radius 1 is 0.362 bits per heavy atom. The van der Waals surface area contributed by atoms with Crippen molar-refractivity contribution in [2.45, 2.75) is 0 Å². The number of oxazole rings is 1. The molecule has 47 heavy (non-hydrogen) atoms. The van der Waals surface area contributed by atoms with Crippen molar-refractivity contribution < 1.29 is 13.3 Å². The van der Waals surface area contributed by atoms with Crippen LogP contribution in [0.15, 0.2) is 147 Å². The molecule has 0 radical (unpaired) electrons. The van der Waals surface area contributed by atoms with E-state index in [0.29, 0.717) is 23.4 Å². The number of para-hydroxylation sites is 3. The summed E-state index contributed by atoms with van der Waals surface area (Å²) in [5.41, 5.74) is 8.07. The van der Waals surface area contributed by atoms with Gasteiger partial charge in [-0.05, 0) is 48.5 Å². The van der Waals surface area contributed by atoms with E-state index in [1.54, 1.807) is 0 Å². The number of hydrogen-bond acceptors (Lipinski definition) is 7. The first-order valence-electron chi connectivity index (χ1n) is 15.3. The van der Waals surface area contributed by atoms with Gasteiger partial charge in [-0.2, -0.15) is 0 Å². The first-order valence-corrected chi connectivity index (χ1v) is 15.3. The zero-order chi connectivity index (χ0) is 30.9. The monoisotopic (exact) mass is 606 g/mol. The van der Waals surface area contributed by atoms with Crippen LogP contribution in [-0.2, 0) is 0 Å². The highest BCUT2D eigenvalue weighted by molar-refractivity contribution is 6.13. The van der Waals surface area contributed by atoms with Crippen molar-refractivity contribution in [3.8, 4) is 45.6 Å². The summed E-state index contributed by atoms with van der Waals surface area (Å²) in [4.78, 5) is 19.9. The number of hydrogen-bond donors (Lipinski definition) is 0. The number of furan rings is 2. The van der Waals surface area contributed by atoms with Crippen LogP contribution in [0.4, 0.5) is 0 Å². The largest absolute Gasteiger partial charge is 0.456 e. The molecule has 0 bridgehead atoms. The van der Waals surface area contributed by atoms with Crippen LogP contribution in [0.5, 0.6) is 0 Å². The van der Waals surface area contributed by atoms with Crippen molar-refractivity contribution in [3.05, 3.63) is 133 Å². The second-order valence-electron chi connectivity index (χ2n) is 11.4. The van der Waals surface area contributed by atoms with Gasteiger partial charge < -0.3 is 13.3 Å². The van der Waals surface area contributed by atoms with Gasteiger partial charge in [0.1, 0.15) is 27.8 Å². The molecule has 7 heteroatoms. The van der Waals surface area contributed by atoms with Gasteiger partial charge in [-0.15, -0.1) is 0 Å². The first kappa shape index (κ1) is 25.7. The van der Waals surface area contributed by atoms with E-state index in [4.69, 9.17) is 28.2 Å². The van der Waals surface area contributed by atoms with Gasteiger partial charge in [-0.3, -0.25) is 0 Å². The Balaban J connectivity index is 1.20. The molecule has 4 heterocycles. The topological polar surface area (TPSA) is 91.0 Å². The molecule has 0 aliphatic carbocycles. The highest BCUT2D eigenvalue weighted by Gasteiger charge is 2.21. The molecule has 0 spiro atoms. The predicted molar refractivity (Wildman–Crippen MR) is 184 cm³/mol. The highest BCUT2D eigenvalue weighted by atomic mass is 16.4. The molecule has 0 aliphatic heterocycles. The second-order valence-corrected chi connectivity index (χ2v) is 11.4. The molecule has 0 amide bonds. The second kappa shape index (κ2) is 9.95. The first-order chi connectivity index (χ1) is 23.3. The van der Waals surface area contributed by atoms with E-state index in [9.17, 15) is 0 Å². The zero-order valence-corrected chi connectivity index (χ0v) is 24.7. The number of nitrogens with zero attached hydrogens (tertiary/aromatic N) is 4. The Hall–Kier alpha value is -6.60. The van der Waals surface area contributed by atoms with Gasteiger partial charge in [-0.1, -0.05) is 84.9 Å². The molecule has 220 valence electrons. The van der Waals surface area contributed by atoms with Gasteiger partial charge in [0.05, 0.1) is 0 Å². The zero-order valence-electron chi connectivity index (χ0n) is 24.7. The number of rotatable bonds is 4. The number of fused-ring (bicyclic) bond motifs is 7. The summed E-state index contributed by atoms with van der Waals surface area (Å²) in [5, 5.41) is 3.85. The van der Waals surface area contributed by atoms with Gasteiger partial charge in [0.2, 0.25) is 5.89 Å². The van der Waals surface area contributed by atoms with Gasteiger partial charge in [0, 0.05) is 43.8 Å². The summed E-state index contributed by atoms with van der Waals surface area (Å²) in [7, 11) is 0. The van der Waals surface area contributed by atoms with Crippen molar-refractivity contribution in [2.75, 3.05) is 0 Å². The standard InChI is InChI=1S/C40H22N4O3/c1-2-10-23(11-3-1)37-42-38(27-13-8-18-32-35(27)25-12-4-6-16-30(25)45-32)44-39(43-37)28-14-9-19-33-36(28)26-21-20-24(22-34(26)46-33)40-41-29-15-5-7-17-31(29)47-40/h1-22H. The summed E-state index contributed by atoms with van der Waals surface area (Å²) in [6.45, 7) is 0. The lowest BCUT2D eigenvalue weighted by molar-refractivity contribution is 0.619. The molecule has 0 saturated heterocycles. The maximum absolute atomic E-state index is 6.42. The fourth-order valence-corrected chi connectivity index (χ4v) is 6.43. The van der Waals surface area contributed by atoms with Crippen LogP contribution < -0.4 is 0 Å². The Kier molecular flexibility index (Phi) is 5.44. The SMILES string of the molecule is c1ccc(-c2nc(-c3cccc4oc5ccccc5c34)nc(-c3cccc4oc5cc(-c6nc7ccccc7o6)ccc5c34)n2)cc1. The van der Waals surface area contributed by atoms with E-state index in [0.717, 1.165) is 77.2 Å². The minimum Gasteiger partial charge on any atom is -0.456 e. The maximum Gasteiger partial charge on any atom is 0.227 e. The van der Waals surface area contributed by atoms with Crippen LogP contribution >= 0.6 is 0 Å². The van der Waals surface area contributed by atoms with Crippen LogP contribution in [-0.4, -0.2) is 19.9 Å². The lowest BCUT2D eigenvalue weighted by atomic mass is 10.0. The molecule has 0 fully saturated rings. The molecule has 10 rings (SSSR count). The van der Waals surface area contributed by atoms with Crippen LogP contribution in [0, 0.1) is 0 Å². The average Bonchev–Trinajstić information content (AvgIpc) is 3.84. The molecule has 0 unspecified atom stereocenters. The molecule has 0 N–H and O–H groups in total. The minimum absolute atomic E-state index is 0.546. The van der Waals surface area contributed by atoms with E-state index in [1.165, 1.54) is 0 Å². The third-order valence-corrected chi connectivity index (χ3v) is 8.59. The van der Waals surface area contributed by atoms with Crippen molar-refractivity contribution in [2.24, 2.45) is 0 Å². The van der Waals surface area contributed by atoms with E-state index in [2.05, 4.69) is 11.1 Å². The highest BCUT2D eigenvalue weighted by Crippen LogP contribution is 2.40. The quantitative estimate of drug-likeness (QED) is 0.197. The third-order valence-electron chi connectivity index (χ3n) is 8.59. The molecular weight excluding hydrogens is 584 g/mol. The van der Waals surface area contributed by atoms with Crippen molar-refractivity contribution in [1.82, 2.24) is 19.9 Å². The maximum atomic E-state index is 6.42. The summed E-state index contributed by atoms with van der Waals surface area (Å²) >= 11 is 0. The minimum atomic E-state index is 0.546.